The highest BCUT2D eigenvalue weighted by molar-refractivity contribution is 7.80. The summed E-state index contributed by atoms with van der Waals surface area (Å²) in [5.41, 5.74) is 8.97. The lowest BCUT2D eigenvalue weighted by Crippen LogP contribution is -2.16. The van der Waals surface area contributed by atoms with Gasteiger partial charge in [0.15, 0.2) is 0 Å². The SMILES string of the molecule is Cc1ccccc1C(C)Nc1ncccc1C(N)=S. The molecule has 0 radical (unpaired) electrons. The molecule has 98 valence electrons. The van der Waals surface area contributed by atoms with Crippen molar-refractivity contribution in [3.63, 3.8) is 0 Å². The van der Waals surface area contributed by atoms with E-state index >= 15 is 0 Å². The number of nitrogens with one attached hydrogen (secondary N) is 1. The van der Waals surface area contributed by atoms with Gasteiger partial charge in [0.2, 0.25) is 0 Å². The molecular weight excluding hydrogens is 254 g/mol. The molecule has 1 heterocycles. The van der Waals surface area contributed by atoms with Gasteiger partial charge in [0.1, 0.15) is 10.8 Å². The van der Waals surface area contributed by atoms with E-state index in [0.29, 0.717) is 4.99 Å². The number of nitrogens with zero attached hydrogens (tertiary/aromatic N) is 1. The highest BCUT2D eigenvalue weighted by Gasteiger charge is 2.11. The minimum atomic E-state index is 0.143. The Morgan fingerprint density at radius 3 is 2.68 bits per heavy atom. The lowest BCUT2D eigenvalue weighted by atomic mass is 10.0. The van der Waals surface area contributed by atoms with Crippen molar-refractivity contribution in [1.82, 2.24) is 4.98 Å². The lowest BCUT2D eigenvalue weighted by Gasteiger charge is -2.18. The van der Waals surface area contributed by atoms with E-state index in [-0.39, 0.29) is 6.04 Å². The Morgan fingerprint density at radius 2 is 2.00 bits per heavy atom. The average molecular weight is 271 g/mol. The normalized spacial score (nSPS) is 11.9. The van der Waals surface area contributed by atoms with Crippen LogP contribution in [-0.2, 0) is 0 Å². The fourth-order valence-corrected chi connectivity index (χ4v) is 2.24. The standard InChI is InChI=1S/C15H17N3S/c1-10-6-3-4-7-12(10)11(2)18-15-13(14(16)19)8-5-9-17-15/h3-9,11H,1-2H3,(H2,16,19)(H,17,18). The van der Waals surface area contributed by atoms with Gasteiger partial charge in [-0.1, -0.05) is 36.5 Å². The number of nitrogens with two attached hydrogens (primary N) is 1. The number of thiocarbonyl (C=S) groups is 1. The first-order valence-electron chi connectivity index (χ1n) is 6.16. The van der Waals surface area contributed by atoms with Crippen LogP contribution in [0, 0.1) is 6.92 Å². The molecule has 0 aliphatic rings. The zero-order chi connectivity index (χ0) is 13.8. The number of hydrogen-bond acceptors (Lipinski definition) is 3. The molecule has 0 bridgehead atoms. The largest absolute Gasteiger partial charge is 0.389 e. The van der Waals surface area contributed by atoms with Gasteiger partial charge in [-0.2, -0.15) is 0 Å². The van der Waals surface area contributed by atoms with Gasteiger partial charge in [-0.25, -0.2) is 4.98 Å². The Morgan fingerprint density at radius 1 is 1.26 bits per heavy atom. The van der Waals surface area contributed by atoms with Crippen molar-refractivity contribution >= 4 is 23.0 Å². The van der Waals surface area contributed by atoms with E-state index < -0.39 is 0 Å². The molecule has 0 aliphatic heterocycles. The monoisotopic (exact) mass is 271 g/mol. The van der Waals surface area contributed by atoms with E-state index in [1.54, 1.807) is 6.20 Å². The van der Waals surface area contributed by atoms with E-state index in [0.717, 1.165) is 11.4 Å². The van der Waals surface area contributed by atoms with Crippen molar-refractivity contribution in [2.24, 2.45) is 5.73 Å². The van der Waals surface area contributed by atoms with Gasteiger partial charge in [0.25, 0.3) is 0 Å². The first kappa shape index (κ1) is 13.5. The Labute approximate surface area is 118 Å². The molecule has 0 fully saturated rings. The third kappa shape index (κ3) is 3.09. The number of pyridine rings is 1. The van der Waals surface area contributed by atoms with Gasteiger partial charge in [-0.3, -0.25) is 0 Å². The summed E-state index contributed by atoms with van der Waals surface area (Å²) in [6.07, 6.45) is 1.73. The van der Waals surface area contributed by atoms with Crippen molar-refractivity contribution in [2.75, 3.05) is 5.32 Å². The first-order valence-corrected chi connectivity index (χ1v) is 6.57. The van der Waals surface area contributed by atoms with Gasteiger partial charge >= 0.3 is 0 Å². The summed E-state index contributed by atoms with van der Waals surface area (Å²) in [7, 11) is 0. The molecule has 3 N–H and O–H groups in total. The number of anilines is 1. The van der Waals surface area contributed by atoms with Crippen molar-refractivity contribution in [3.8, 4) is 0 Å². The van der Waals surface area contributed by atoms with E-state index in [1.807, 2.05) is 24.3 Å². The molecule has 4 heteroatoms. The molecule has 0 saturated heterocycles. The molecule has 0 aliphatic carbocycles. The van der Waals surface area contributed by atoms with Crippen LogP contribution >= 0.6 is 12.2 Å². The topological polar surface area (TPSA) is 50.9 Å². The molecule has 1 unspecified atom stereocenters. The number of rotatable bonds is 4. The second kappa shape index (κ2) is 5.80. The fraction of sp³-hybridized carbons (Fsp3) is 0.200. The van der Waals surface area contributed by atoms with Crippen molar-refractivity contribution in [1.29, 1.82) is 0 Å². The summed E-state index contributed by atoms with van der Waals surface area (Å²) in [5.74, 6) is 0.728. The minimum absolute atomic E-state index is 0.143. The lowest BCUT2D eigenvalue weighted by molar-refractivity contribution is 0.864. The van der Waals surface area contributed by atoms with Crippen LogP contribution in [0.1, 0.15) is 29.7 Å². The highest BCUT2D eigenvalue weighted by atomic mass is 32.1. The molecule has 2 rings (SSSR count). The maximum Gasteiger partial charge on any atom is 0.136 e. The summed E-state index contributed by atoms with van der Waals surface area (Å²) in [6, 6.07) is 12.1. The molecule has 0 amide bonds. The van der Waals surface area contributed by atoms with E-state index in [4.69, 9.17) is 18.0 Å². The van der Waals surface area contributed by atoms with E-state index in [9.17, 15) is 0 Å². The summed E-state index contributed by atoms with van der Waals surface area (Å²) in [5, 5.41) is 3.37. The van der Waals surface area contributed by atoms with Gasteiger partial charge in [-0.05, 0) is 37.1 Å². The minimum Gasteiger partial charge on any atom is -0.389 e. The summed E-state index contributed by atoms with van der Waals surface area (Å²) < 4.78 is 0. The zero-order valence-electron chi connectivity index (χ0n) is 11.1. The number of hydrogen-bond donors (Lipinski definition) is 2. The van der Waals surface area contributed by atoms with Crippen LogP contribution in [-0.4, -0.2) is 9.97 Å². The van der Waals surface area contributed by atoms with Gasteiger partial charge in [-0.15, -0.1) is 0 Å². The third-order valence-electron chi connectivity index (χ3n) is 3.08. The van der Waals surface area contributed by atoms with Crippen LogP contribution in [0.15, 0.2) is 42.6 Å². The maximum atomic E-state index is 5.71. The van der Waals surface area contributed by atoms with Crippen LogP contribution in [0.2, 0.25) is 0 Å². The van der Waals surface area contributed by atoms with E-state index in [1.165, 1.54) is 11.1 Å². The number of aryl methyl sites for hydroxylation is 1. The second-order valence-electron chi connectivity index (χ2n) is 4.49. The van der Waals surface area contributed by atoms with Gasteiger partial charge in [0, 0.05) is 6.20 Å². The predicted molar refractivity (Wildman–Crippen MR) is 83.3 cm³/mol. The predicted octanol–water partition coefficient (Wildman–Crippen LogP) is 3.20. The Hall–Kier alpha value is -1.94. The Bertz CT molecular complexity index is 595. The smallest absolute Gasteiger partial charge is 0.136 e. The van der Waals surface area contributed by atoms with Crippen LogP contribution < -0.4 is 11.1 Å². The molecule has 3 nitrogen and oxygen atoms in total. The molecular formula is C15H17N3S. The molecule has 1 atom stereocenters. The Kier molecular flexibility index (Phi) is 4.12. The highest BCUT2D eigenvalue weighted by Crippen LogP contribution is 2.22. The molecule has 1 aromatic carbocycles. The van der Waals surface area contributed by atoms with Crippen LogP contribution in [0.5, 0.6) is 0 Å². The third-order valence-corrected chi connectivity index (χ3v) is 3.30. The summed E-state index contributed by atoms with van der Waals surface area (Å²) >= 11 is 5.04. The Balaban J connectivity index is 2.27. The molecule has 0 spiro atoms. The van der Waals surface area contributed by atoms with E-state index in [2.05, 4.69) is 36.3 Å². The van der Waals surface area contributed by atoms with Crippen molar-refractivity contribution in [3.05, 3.63) is 59.3 Å². The first-order chi connectivity index (χ1) is 9.09. The van der Waals surface area contributed by atoms with Crippen LogP contribution in [0.3, 0.4) is 0 Å². The van der Waals surface area contributed by atoms with Crippen LogP contribution in [0.4, 0.5) is 5.82 Å². The van der Waals surface area contributed by atoms with Gasteiger partial charge in [0.05, 0.1) is 11.6 Å². The van der Waals surface area contributed by atoms with Gasteiger partial charge < -0.3 is 11.1 Å². The fourth-order valence-electron chi connectivity index (χ4n) is 2.07. The molecule has 2 aromatic rings. The molecule has 19 heavy (non-hydrogen) atoms. The van der Waals surface area contributed by atoms with Crippen molar-refractivity contribution in [2.45, 2.75) is 19.9 Å². The molecule has 1 aromatic heterocycles. The maximum absolute atomic E-state index is 5.71. The van der Waals surface area contributed by atoms with Crippen molar-refractivity contribution < 1.29 is 0 Å². The zero-order valence-corrected chi connectivity index (χ0v) is 11.9. The quantitative estimate of drug-likeness (QED) is 0.838. The molecule has 0 saturated carbocycles. The number of benzene rings is 1. The second-order valence-corrected chi connectivity index (χ2v) is 4.93. The average Bonchev–Trinajstić information content (AvgIpc) is 2.39. The summed E-state index contributed by atoms with van der Waals surface area (Å²) in [4.78, 5) is 4.67. The van der Waals surface area contributed by atoms with Crippen LogP contribution in [0.25, 0.3) is 0 Å². The summed E-state index contributed by atoms with van der Waals surface area (Å²) in [6.45, 7) is 4.20. The number of aromatic nitrogens is 1.